The lowest BCUT2D eigenvalue weighted by molar-refractivity contribution is -0.129. The molecule has 0 spiro atoms. The van der Waals surface area contributed by atoms with Crippen LogP contribution in [0.2, 0.25) is 5.02 Å². The van der Waals surface area contributed by atoms with E-state index in [0.717, 1.165) is 11.1 Å². The lowest BCUT2D eigenvalue weighted by Gasteiger charge is -2.21. The molecule has 1 amide bonds. The number of nitrogen functional groups attached to an aromatic ring is 1. The van der Waals surface area contributed by atoms with Crippen LogP contribution >= 0.6 is 23.4 Å². The number of thioether (sulfide) groups is 1. The van der Waals surface area contributed by atoms with Gasteiger partial charge < -0.3 is 10.7 Å². The molecule has 1 unspecified atom stereocenters. The Morgan fingerprint density at radius 2 is 2.00 bits per heavy atom. The molecule has 3 aromatic rings. The topological polar surface area (TPSA) is 77.0 Å². The van der Waals surface area contributed by atoms with Crippen LogP contribution in [-0.2, 0) is 11.3 Å². The zero-order valence-corrected chi connectivity index (χ0v) is 16.9. The average Bonchev–Trinajstić information content (AvgIpc) is 3.02. The van der Waals surface area contributed by atoms with E-state index in [1.807, 2.05) is 0 Å². The van der Waals surface area contributed by atoms with E-state index in [4.69, 9.17) is 17.4 Å². The van der Waals surface area contributed by atoms with Crippen LogP contribution in [0.25, 0.3) is 11.4 Å². The number of carbonyl (C=O) groups excluding carboxylic acids is 1. The van der Waals surface area contributed by atoms with E-state index >= 15 is 0 Å². The third-order valence-electron chi connectivity index (χ3n) is 4.08. The highest BCUT2D eigenvalue weighted by Crippen LogP contribution is 2.26. The van der Waals surface area contributed by atoms with Crippen molar-refractivity contribution < 1.29 is 9.18 Å². The van der Waals surface area contributed by atoms with Gasteiger partial charge in [0.25, 0.3) is 0 Å². The molecule has 0 fully saturated rings. The van der Waals surface area contributed by atoms with E-state index in [2.05, 4.69) is 10.2 Å². The first-order chi connectivity index (χ1) is 13.3. The summed E-state index contributed by atoms with van der Waals surface area (Å²) in [6, 6.07) is 13.3. The molecule has 0 aliphatic carbocycles. The Kier molecular flexibility index (Phi) is 6.21. The Morgan fingerprint density at radius 1 is 1.29 bits per heavy atom. The third-order valence-corrected chi connectivity index (χ3v) is 5.38. The highest BCUT2D eigenvalue weighted by Gasteiger charge is 2.22. The number of hydrogen-bond donors (Lipinski definition) is 1. The molecule has 2 N–H and O–H groups in total. The SMILES string of the molecule is CC(Sc1nnc(-c2ccc(Cl)cc2)n1N)C(=O)N(C)Cc1cccc(F)c1. The molecule has 1 atom stereocenters. The minimum absolute atomic E-state index is 0.120. The lowest BCUT2D eigenvalue weighted by Crippen LogP contribution is -2.33. The predicted octanol–water partition coefficient (Wildman–Crippen LogP) is 3.59. The molecule has 0 saturated carbocycles. The maximum absolute atomic E-state index is 13.3. The molecule has 1 aromatic heterocycles. The lowest BCUT2D eigenvalue weighted by atomic mass is 10.2. The Hall–Kier alpha value is -2.58. The van der Waals surface area contributed by atoms with Crippen molar-refractivity contribution in [3.8, 4) is 11.4 Å². The molecule has 0 aliphatic rings. The molecule has 0 aliphatic heterocycles. The molecular weight excluding hydrogens is 401 g/mol. The molecule has 9 heteroatoms. The van der Waals surface area contributed by atoms with Gasteiger partial charge in [0.05, 0.1) is 5.25 Å². The minimum Gasteiger partial charge on any atom is -0.340 e. The van der Waals surface area contributed by atoms with Crippen LogP contribution in [0.4, 0.5) is 4.39 Å². The average molecular weight is 420 g/mol. The van der Waals surface area contributed by atoms with E-state index in [1.165, 1.54) is 28.6 Å². The summed E-state index contributed by atoms with van der Waals surface area (Å²) >= 11 is 7.11. The summed E-state index contributed by atoms with van der Waals surface area (Å²) in [5.74, 6) is 6.14. The van der Waals surface area contributed by atoms with Gasteiger partial charge in [-0.3, -0.25) is 4.79 Å². The molecule has 1 heterocycles. The maximum Gasteiger partial charge on any atom is 0.235 e. The van der Waals surface area contributed by atoms with Gasteiger partial charge in [-0.1, -0.05) is 35.5 Å². The number of hydrogen-bond acceptors (Lipinski definition) is 5. The fourth-order valence-electron chi connectivity index (χ4n) is 2.66. The molecule has 0 bridgehead atoms. The van der Waals surface area contributed by atoms with Gasteiger partial charge in [-0.05, 0) is 48.9 Å². The smallest absolute Gasteiger partial charge is 0.235 e. The van der Waals surface area contributed by atoms with Gasteiger partial charge in [0.2, 0.25) is 11.1 Å². The standard InChI is InChI=1S/C19H19ClFN5OS/c1-12(18(27)25(2)11-13-4-3-5-16(21)10-13)28-19-24-23-17(26(19)22)14-6-8-15(20)9-7-14/h3-10,12H,11,22H2,1-2H3. The zero-order valence-electron chi connectivity index (χ0n) is 15.3. The monoisotopic (exact) mass is 419 g/mol. The van der Waals surface area contributed by atoms with Crippen LogP contribution in [-0.4, -0.2) is 38.0 Å². The van der Waals surface area contributed by atoms with Gasteiger partial charge in [0, 0.05) is 24.2 Å². The second kappa shape index (κ2) is 8.62. The van der Waals surface area contributed by atoms with E-state index in [-0.39, 0.29) is 11.7 Å². The fraction of sp³-hybridized carbons (Fsp3) is 0.211. The van der Waals surface area contributed by atoms with Crippen molar-refractivity contribution in [1.82, 2.24) is 19.8 Å². The van der Waals surface area contributed by atoms with Crippen molar-refractivity contribution >= 4 is 29.3 Å². The molecule has 6 nitrogen and oxygen atoms in total. The number of carbonyl (C=O) groups is 1. The Labute approximate surface area is 171 Å². The number of nitrogens with two attached hydrogens (primary N) is 1. The van der Waals surface area contributed by atoms with Crippen molar-refractivity contribution in [2.45, 2.75) is 23.9 Å². The summed E-state index contributed by atoms with van der Waals surface area (Å²) in [7, 11) is 1.68. The van der Waals surface area contributed by atoms with Crippen molar-refractivity contribution in [2.24, 2.45) is 0 Å². The maximum atomic E-state index is 13.3. The molecule has 146 valence electrons. The first kappa shape index (κ1) is 20.2. The van der Waals surface area contributed by atoms with Crippen LogP contribution in [0, 0.1) is 5.82 Å². The van der Waals surface area contributed by atoms with Crippen molar-refractivity contribution in [3.05, 3.63) is 64.9 Å². The Morgan fingerprint density at radius 3 is 2.68 bits per heavy atom. The van der Waals surface area contributed by atoms with Gasteiger partial charge in [-0.2, -0.15) is 0 Å². The second-order valence-electron chi connectivity index (χ2n) is 6.27. The van der Waals surface area contributed by atoms with Gasteiger partial charge in [0.15, 0.2) is 5.82 Å². The number of halogens is 2. The van der Waals surface area contributed by atoms with Crippen LogP contribution in [0.3, 0.4) is 0 Å². The highest BCUT2D eigenvalue weighted by atomic mass is 35.5. The quantitative estimate of drug-likeness (QED) is 0.488. The first-order valence-corrected chi connectivity index (χ1v) is 9.73. The molecule has 2 aromatic carbocycles. The first-order valence-electron chi connectivity index (χ1n) is 8.47. The van der Waals surface area contributed by atoms with E-state index in [0.29, 0.717) is 22.5 Å². The van der Waals surface area contributed by atoms with E-state index < -0.39 is 5.25 Å². The Bertz CT molecular complexity index is 979. The van der Waals surface area contributed by atoms with Crippen LogP contribution in [0.1, 0.15) is 12.5 Å². The van der Waals surface area contributed by atoms with Gasteiger partial charge >= 0.3 is 0 Å². The van der Waals surface area contributed by atoms with Gasteiger partial charge in [-0.15, -0.1) is 10.2 Å². The van der Waals surface area contributed by atoms with Gasteiger partial charge in [0.1, 0.15) is 5.82 Å². The van der Waals surface area contributed by atoms with Crippen molar-refractivity contribution in [3.63, 3.8) is 0 Å². The molecule has 3 rings (SSSR count). The molecule has 28 heavy (non-hydrogen) atoms. The summed E-state index contributed by atoms with van der Waals surface area (Å²) in [5, 5.41) is 8.79. The van der Waals surface area contributed by atoms with Crippen LogP contribution in [0.15, 0.2) is 53.7 Å². The molecule has 0 radical (unpaired) electrons. The van der Waals surface area contributed by atoms with E-state index in [1.54, 1.807) is 55.3 Å². The van der Waals surface area contributed by atoms with Crippen molar-refractivity contribution in [1.29, 1.82) is 0 Å². The summed E-state index contributed by atoms with van der Waals surface area (Å²) in [6.07, 6.45) is 0. The highest BCUT2D eigenvalue weighted by molar-refractivity contribution is 8.00. The predicted molar refractivity (Wildman–Crippen MR) is 109 cm³/mol. The summed E-state index contributed by atoms with van der Waals surface area (Å²) in [4.78, 5) is 14.2. The molecular formula is C19H19ClFN5OS. The summed E-state index contributed by atoms with van der Waals surface area (Å²) in [6.45, 7) is 2.08. The van der Waals surface area contributed by atoms with Gasteiger partial charge in [-0.25, -0.2) is 9.07 Å². The number of aromatic nitrogens is 3. The van der Waals surface area contributed by atoms with E-state index in [9.17, 15) is 9.18 Å². The van der Waals surface area contributed by atoms with Crippen LogP contribution in [0.5, 0.6) is 0 Å². The zero-order chi connectivity index (χ0) is 20.3. The number of nitrogens with zero attached hydrogens (tertiary/aromatic N) is 4. The summed E-state index contributed by atoms with van der Waals surface area (Å²) in [5.41, 5.74) is 1.49. The minimum atomic E-state index is -0.442. The third kappa shape index (κ3) is 4.63. The second-order valence-corrected chi connectivity index (χ2v) is 8.01. The number of amides is 1. The Balaban J connectivity index is 1.67. The summed E-state index contributed by atoms with van der Waals surface area (Å²) < 4.78 is 14.7. The van der Waals surface area contributed by atoms with Crippen molar-refractivity contribution in [2.75, 3.05) is 12.9 Å². The molecule has 0 saturated heterocycles. The number of rotatable bonds is 6. The normalized spacial score (nSPS) is 12.0. The van der Waals surface area contributed by atoms with Crippen LogP contribution < -0.4 is 5.84 Å². The largest absolute Gasteiger partial charge is 0.340 e. The fourth-order valence-corrected chi connectivity index (χ4v) is 3.67. The number of benzene rings is 2.